The Morgan fingerprint density at radius 2 is 2.44 bits per heavy atom. The third-order valence-electron chi connectivity index (χ3n) is 3.05. The van der Waals surface area contributed by atoms with E-state index in [9.17, 15) is 0 Å². The van der Waals surface area contributed by atoms with E-state index in [2.05, 4.69) is 23.3 Å². The molecule has 4 heteroatoms. The highest BCUT2D eigenvalue weighted by Crippen LogP contribution is 2.31. The van der Waals surface area contributed by atoms with Gasteiger partial charge in [-0.15, -0.1) is 0 Å². The molecular weight excluding hydrogens is 228 g/mol. The lowest BCUT2D eigenvalue weighted by Gasteiger charge is -2.25. The van der Waals surface area contributed by atoms with Crippen LogP contribution in [0.5, 0.6) is 5.88 Å². The molecule has 1 aromatic heterocycles. The maximum atomic E-state index is 5.44. The van der Waals surface area contributed by atoms with Gasteiger partial charge in [0, 0.05) is 11.8 Å². The van der Waals surface area contributed by atoms with E-state index in [4.69, 9.17) is 9.47 Å². The van der Waals surface area contributed by atoms with Gasteiger partial charge in [0.05, 0.1) is 26.0 Å². The van der Waals surface area contributed by atoms with E-state index in [0.29, 0.717) is 5.88 Å². The standard InChI is InChI=1S/C14H20N2O2/c1-3-15-13(11-6-5-9-18-10-11)12-7-4-8-16-14(12)17-2/h4,7-8,10,13,15H,3,5-6,9H2,1-2H3. The lowest BCUT2D eigenvalue weighted by molar-refractivity contribution is 0.219. The summed E-state index contributed by atoms with van der Waals surface area (Å²) in [4.78, 5) is 4.26. The molecule has 4 nitrogen and oxygen atoms in total. The number of nitrogens with zero attached hydrogens (tertiary/aromatic N) is 1. The van der Waals surface area contributed by atoms with Crippen molar-refractivity contribution in [2.75, 3.05) is 20.3 Å². The van der Waals surface area contributed by atoms with Crippen molar-refractivity contribution >= 4 is 0 Å². The maximum absolute atomic E-state index is 5.44. The Balaban J connectivity index is 2.31. The van der Waals surface area contributed by atoms with E-state index >= 15 is 0 Å². The molecule has 1 aromatic rings. The Bertz CT molecular complexity index is 418. The Morgan fingerprint density at radius 3 is 3.11 bits per heavy atom. The molecule has 0 saturated carbocycles. The van der Waals surface area contributed by atoms with Crippen molar-refractivity contribution in [3.63, 3.8) is 0 Å². The summed E-state index contributed by atoms with van der Waals surface area (Å²) >= 11 is 0. The summed E-state index contributed by atoms with van der Waals surface area (Å²) in [6, 6.07) is 4.11. The number of rotatable bonds is 5. The molecule has 18 heavy (non-hydrogen) atoms. The van der Waals surface area contributed by atoms with Crippen LogP contribution in [-0.4, -0.2) is 25.2 Å². The number of pyridine rings is 1. The normalized spacial score (nSPS) is 16.7. The monoisotopic (exact) mass is 248 g/mol. The summed E-state index contributed by atoms with van der Waals surface area (Å²) in [6.45, 7) is 3.80. The number of nitrogens with one attached hydrogen (secondary N) is 1. The topological polar surface area (TPSA) is 43.4 Å². The van der Waals surface area contributed by atoms with Crippen molar-refractivity contribution in [3.05, 3.63) is 35.7 Å². The van der Waals surface area contributed by atoms with Crippen LogP contribution < -0.4 is 10.1 Å². The molecule has 1 unspecified atom stereocenters. The van der Waals surface area contributed by atoms with E-state index in [1.165, 1.54) is 5.57 Å². The molecule has 0 aromatic carbocycles. The summed E-state index contributed by atoms with van der Waals surface area (Å²) in [6.07, 6.45) is 5.74. The van der Waals surface area contributed by atoms with Crippen LogP contribution in [0.15, 0.2) is 30.2 Å². The minimum Gasteiger partial charge on any atom is -0.501 e. The third kappa shape index (κ3) is 2.82. The predicted octanol–water partition coefficient (Wildman–Crippen LogP) is 2.44. The van der Waals surface area contributed by atoms with E-state index in [1.54, 1.807) is 13.3 Å². The lowest BCUT2D eigenvalue weighted by Crippen LogP contribution is -2.25. The number of methoxy groups -OCH3 is 1. The first kappa shape index (κ1) is 12.9. The van der Waals surface area contributed by atoms with Crippen molar-refractivity contribution in [2.45, 2.75) is 25.8 Å². The summed E-state index contributed by atoms with van der Waals surface area (Å²) in [5.74, 6) is 0.676. The fourth-order valence-corrected chi connectivity index (χ4v) is 2.24. The van der Waals surface area contributed by atoms with Crippen molar-refractivity contribution in [3.8, 4) is 5.88 Å². The molecule has 0 saturated heterocycles. The van der Waals surface area contributed by atoms with Crippen LogP contribution in [0.1, 0.15) is 31.4 Å². The minimum atomic E-state index is 0.124. The predicted molar refractivity (Wildman–Crippen MR) is 70.5 cm³/mol. The highest BCUT2D eigenvalue weighted by molar-refractivity contribution is 5.35. The number of aromatic nitrogens is 1. The Hall–Kier alpha value is -1.55. The SMILES string of the molecule is CCNC(C1=COCCC1)c1cccnc1OC. The molecule has 0 fully saturated rings. The van der Waals surface area contributed by atoms with Crippen molar-refractivity contribution in [2.24, 2.45) is 0 Å². The van der Waals surface area contributed by atoms with E-state index in [0.717, 1.165) is 31.6 Å². The van der Waals surface area contributed by atoms with Crippen LogP contribution in [0, 0.1) is 0 Å². The highest BCUT2D eigenvalue weighted by Gasteiger charge is 2.21. The van der Waals surface area contributed by atoms with Crippen molar-refractivity contribution < 1.29 is 9.47 Å². The number of ether oxygens (including phenoxy) is 2. The molecule has 1 aliphatic heterocycles. The Kier molecular flexibility index (Phi) is 4.59. The van der Waals surface area contributed by atoms with E-state index in [1.807, 2.05) is 12.3 Å². The first-order valence-electron chi connectivity index (χ1n) is 6.39. The van der Waals surface area contributed by atoms with Gasteiger partial charge in [-0.05, 0) is 31.0 Å². The molecule has 0 radical (unpaired) electrons. The number of hydrogen-bond donors (Lipinski definition) is 1. The van der Waals surface area contributed by atoms with Crippen molar-refractivity contribution in [1.82, 2.24) is 10.3 Å². The average molecular weight is 248 g/mol. The quantitative estimate of drug-likeness (QED) is 0.869. The second-order valence-electron chi connectivity index (χ2n) is 4.26. The zero-order valence-corrected chi connectivity index (χ0v) is 11.0. The minimum absolute atomic E-state index is 0.124. The van der Waals surface area contributed by atoms with Crippen LogP contribution in [0.2, 0.25) is 0 Å². The van der Waals surface area contributed by atoms with Gasteiger partial charge >= 0.3 is 0 Å². The fourth-order valence-electron chi connectivity index (χ4n) is 2.24. The van der Waals surface area contributed by atoms with Gasteiger partial charge in [0.1, 0.15) is 0 Å². The van der Waals surface area contributed by atoms with Crippen LogP contribution >= 0.6 is 0 Å². The molecule has 0 amide bonds. The van der Waals surface area contributed by atoms with Gasteiger partial charge in [-0.3, -0.25) is 0 Å². The summed E-state index contributed by atoms with van der Waals surface area (Å²) in [5.41, 5.74) is 2.33. The zero-order valence-electron chi connectivity index (χ0n) is 11.0. The van der Waals surface area contributed by atoms with Crippen LogP contribution in [0.25, 0.3) is 0 Å². The van der Waals surface area contributed by atoms with Gasteiger partial charge in [0.25, 0.3) is 0 Å². The molecule has 0 bridgehead atoms. The molecule has 98 valence electrons. The van der Waals surface area contributed by atoms with Crippen LogP contribution in [0.3, 0.4) is 0 Å². The second kappa shape index (κ2) is 6.40. The third-order valence-corrected chi connectivity index (χ3v) is 3.05. The molecule has 2 heterocycles. The summed E-state index contributed by atoms with van der Waals surface area (Å²) < 4.78 is 10.8. The summed E-state index contributed by atoms with van der Waals surface area (Å²) in [5, 5.41) is 3.48. The van der Waals surface area contributed by atoms with Gasteiger partial charge in [-0.2, -0.15) is 0 Å². The van der Waals surface area contributed by atoms with E-state index in [-0.39, 0.29) is 6.04 Å². The van der Waals surface area contributed by atoms with Gasteiger partial charge in [0.15, 0.2) is 0 Å². The van der Waals surface area contributed by atoms with Gasteiger partial charge in [-0.1, -0.05) is 13.0 Å². The molecule has 1 N–H and O–H groups in total. The fraction of sp³-hybridized carbons (Fsp3) is 0.500. The molecule has 0 aliphatic carbocycles. The van der Waals surface area contributed by atoms with Crippen molar-refractivity contribution in [1.29, 1.82) is 0 Å². The average Bonchev–Trinajstić information content (AvgIpc) is 2.46. The Morgan fingerprint density at radius 1 is 1.56 bits per heavy atom. The molecular formula is C14H20N2O2. The van der Waals surface area contributed by atoms with Crippen LogP contribution in [-0.2, 0) is 4.74 Å². The first-order chi connectivity index (χ1) is 8.86. The second-order valence-corrected chi connectivity index (χ2v) is 4.26. The van der Waals surface area contributed by atoms with Gasteiger partial charge in [0.2, 0.25) is 5.88 Å². The highest BCUT2D eigenvalue weighted by atomic mass is 16.5. The maximum Gasteiger partial charge on any atom is 0.218 e. The lowest BCUT2D eigenvalue weighted by atomic mass is 9.96. The molecule has 2 rings (SSSR count). The largest absolute Gasteiger partial charge is 0.501 e. The molecule has 1 aliphatic rings. The zero-order chi connectivity index (χ0) is 12.8. The van der Waals surface area contributed by atoms with Gasteiger partial charge in [-0.25, -0.2) is 4.98 Å². The Labute approximate surface area is 108 Å². The number of hydrogen-bond acceptors (Lipinski definition) is 4. The summed E-state index contributed by atoms with van der Waals surface area (Å²) in [7, 11) is 1.65. The molecule has 0 spiro atoms. The number of likely N-dealkylation sites (N-methyl/N-ethyl adjacent to an activating group) is 1. The molecule has 1 atom stereocenters. The van der Waals surface area contributed by atoms with E-state index < -0.39 is 0 Å². The van der Waals surface area contributed by atoms with Crippen LogP contribution in [0.4, 0.5) is 0 Å². The van der Waals surface area contributed by atoms with Gasteiger partial charge < -0.3 is 14.8 Å². The smallest absolute Gasteiger partial charge is 0.218 e. The first-order valence-corrected chi connectivity index (χ1v) is 6.39.